The molecule has 2 aliphatic rings. The van der Waals surface area contributed by atoms with E-state index in [9.17, 15) is 17.6 Å². The molecule has 3 heterocycles. The maximum Gasteiger partial charge on any atom is 0.317 e. The minimum atomic E-state index is -3.68. The van der Waals surface area contributed by atoms with E-state index < -0.39 is 10.0 Å². The van der Waals surface area contributed by atoms with Crippen LogP contribution in [0.2, 0.25) is 0 Å². The average Bonchev–Trinajstić information content (AvgIpc) is 3.15. The zero-order chi connectivity index (χ0) is 20.1. The number of nitrogens with one attached hydrogen (secondary N) is 1. The standard InChI is InChI=1S/C17H24FN5O4S/c18-9-13(10-19)12-27-16-2-1-15(11-21-16)28(25,26)22-6-3-14(4-7-22)23-8-5-20-17(23)24/h1-2,9,11,14H,3-8,10,12,19H2,(H,20,24). The number of amides is 2. The van der Waals surface area contributed by atoms with Gasteiger partial charge >= 0.3 is 6.03 Å². The molecule has 0 saturated carbocycles. The Morgan fingerprint density at radius 2 is 2.11 bits per heavy atom. The Balaban J connectivity index is 1.59. The van der Waals surface area contributed by atoms with Crippen molar-refractivity contribution in [1.82, 2.24) is 19.5 Å². The normalized spacial score (nSPS) is 19.7. The lowest BCUT2D eigenvalue weighted by atomic mass is 10.1. The van der Waals surface area contributed by atoms with Crippen molar-refractivity contribution < 1.29 is 22.3 Å². The monoisotopic (exact) mass is 413 g/mol. The Morgan fingerprint density at radius 1 is 1.36 bits per heavy atom. The highest BCUT2D eigenvalue weighted by Crippen LogP contribution is 2.24. The smallest absolute Gasteiger partial charge is 0.317 e. The van der Waals surface area contributed by atoms with Crippen LogP contribution in [0.3, 0.4) is 0 Å². The molecule has 3 N–H and O–H groups in total. The van der Waals surface area contributed by atoms with E-state index in [-0.39, 0.29) is 41.6 Å². The van der Waals surface area contributed by atoms with E-state index in [1.807, 2.05) is 0 Å². The number of hydrogen-bond acceptors (Lipinski definition) is 6. The van der Waals surface area contributed by atoms with Crippen molar-refractivity contribution in [2.75, 3.05) is 39.3 Å². The molecule has 0 aromatic carbocycles. The first kappa shape index (κ1) is 20.5. The number of sulfonamides is 1. The largest absolute Gasteiger partial charge is 0.473 e. The summed E-state index contributed by atoms with van der Waals surface area (Å²) in [6.07, 6.45) is 2.80. The van der Waals surface area contributed by atoms with Gasteiger partial charge < -0.3 is 20.7 Å². The van der Waals surface area contributed by atoms with E-state index in [0.717, 1.165) is 0 Å². The lowest BCUT2D eigenvalue weighted by Crippen LogP contribution is -2.47. The number of nitrogens with zero attached hydrogens (tertiary/aromatic N) is 3. The van der Waals surface area contributed by atoms with Crippen LogP contribution in [0.15, 0.2) is 35.1 Å². The van der Waals surface area contributed by atoms with Crippen LogP contribution in [-0.2, 0) is 10.0 Å². The van der Waals surface area contributed by atoms with E-state index in [1.165, 1.54) is 22.6 Å². The van der Waals surface area contributed by atoms with Gasteiger partial charge in [-0.25, -0.2) is 22.6 Å². The van der Waals surface area contributed by atoms with Gasteiger partial charge in [-0.1, -0.05) is 0 Å². The van der Waals surface area contributed by atoms with Gasteiger partial charge in [0.2, 0.25) is 15.9 Å². The van der Waals surface area contributed by atoms with E-state index in [2.05, 4.69) is 10.3 Å². The summed E-state index contributed by atoms with van der Waals surface area (Å²) in [7, 11) is -3.68. The Bertz CT molecular complexity index is 822. The molecule has 2 aliphatic heterocycles. The highest BCUT2D eigenvalue weighted by Gasteiger charge is 2.34. The molecule has 0 atom stereocenters. The zero-order valence-electron chi connectivity index (χ0n) is 15.4. The van der Waals surface area contributed by atoms with Gasteiger partial charge in [-0.05, 0) is 18.9 Å². The summed E-state index contributed by atoms with van der Waals surface area (Å²) >= 11 is 0. The second kappa shape index (κ2) is 8.84. The molecule has 2 amide bonds. The fourth-order valence-corrected chi connectivity index (χ4v) is 4.70. The summed E-state index contributed by atoms with van der Waals surface area (Å²) in [5, 5.41) is 2.77. The van der Waals surface area contributed by atoms with Gasteiger partial charge in [0.25, 0.3) is 0 Å². The minimum Gasteiger partial charge on any atom is -0.473 e. The number of piperidine rings is 1. The number of nitrogens with two attached hydrogens (primary N) is 1. The minimum absolute atomic E-state index is 0.0258. The molecule has 2 fully saturated rings. The number of carbonyl (C=O) groups is 1. The molecule has 0 bridgehead atoms. The maximum atomic E-state index is 12.8. The van der Waals surface area contributed by atoms with Crippen LogP contribution in [0.1, 0.15) is 12.8 Å². The Morgan fingerprint density at radius 3 is 2.64 bits per heavy atom. The first-order valence-electron chi connectivity index (χ1n) is 9.07. The Labute approximate surface area is 163 Å². The summed E-state index contributed by atoms with van der Waals surface area (Å²) in [5.41, 5.74) is 5.62. The third kappa shape index (κ3) is 4.42. The number of aromatic nitrogens is 1. The predicted octanol–water partition coefficient (Wildman–Crippen LogP) is 0.451. The van der Waals surface area contributed by atoms with Gasteiger partial charge in [-0.3, -0.25) is 0 Å². The van der Waals surface area contributed by atoms with Crippen molar-refractivity contribution in [3.8, 4) is 5.88 Å². The topological polar surface area (TPSA) is 118 Å². The van der Waals surface area contributed by atoms with Crippen LogP contribution < -0.4 is 15.8 Å². The van der Waals surface area contributed by atoms with Crippen molar-refractivity contribution in [3.63, 3.8) is 0 Å². The zero-order valence-corrected chi connectivity index (χ0v) is 16.2. The fourth-order valence-electron chi connectivity index (χ4n) is 3.28. The summed E-state index contributed by atoms with van der Waals surface area (Å²) < 4.78 is 44.8. The summed E-state index contributed by atoms with van der Waals surface area (Å²) in [6, 6.07) is 2.82. The van der Waals surface area contributed by atoms with Crippen LogP contribution in [0, 0.1) is 0 Å². The van der Waals surface area contributed by atoms with Crippen molar-refractivity contribution in [3.05, 3.63) is 30.2 Å². The van der Waals surface area contributed by atoms with Crippen molar-refractivity contribution in [2.24, 2.45) is 5.73 Å². The lowest BCUT2D eigenvalue weighted by Gasteiger charge is -2.35. The third-order valence-corrected chi connectivity index (χ3v) is 6.81. The van der Waals surface area contributed by atoms with Crippen LogP contribution >= 0.6 is 0 Å². The van der Waals surface area contributed by atoms with Gasteiger partial charge in [0.05, 0.1) is 12.5 Å². The van der Waals surface area contributed by atoms with Crippen molar-refractivity contribution in [2.45, 2.75) is 23.8 Å². The molecule has 154 valence electrons. The Hall–Kier alpha value is -2.24. The quantitative estimate of drug-likeness (QED) is 0.670. The molecule has 3 rings (SSSR count). The third-order valence-electron chi connectivity index (χ3n) is 4.92. The molecule has 9 nitrogen and oxygen atoms in total. The maximum absolute atomic E-state index is 12.8. The molecule has 0 spiro atoms. The molecule has 28 heavy (non-hydrogen) atoms. The van der Waals surface area contributed by atoms with Crippen LogP contribution in [0.4, 0.5) is 9.18 Å². The summed E-state index contributed by atoms with van der Waals surface area (Å²) in [4.78, 5) is 17.6. The highest BCUT2D eigenvalue weighted by atomic mass is 32.2. The number of carbonyl (C=O) groups excluding carboxylic acids is 1. The summed E-state index contributed by atoms with van der Waals surface area (Å²) in [5.74, 6) is 0.186. The molecular formula is C17H24FN5O4S. The SMILES string of the molecule is NCC(=CF)COc1ccc(S(=O)(=O)N2CCC(N3CCNC3=O)CC2)cn1. The number of hydrogen-bond donors (Lipinski definition) is 2. The molecular weight excluding hydrogens is 389 g/mol. The summed E-state index contributed by atoms with van der Waals surface area (Å²) in [6.45, 7) is 1.95. The fraction of sp³-hybridized carbons (Fsp3) is 0.529. The van der Waals surface area contributed by atoms with Gasteiger partial charge in [-0.15, -0.1) is 0 Å². The first-order valence-corrected chi connectivity index (χ1v) is 10.5. The predicted molar refractivity (Wildman–Crippen MR) is 99.9 cm³/mol. The lowest BCUT2D eigenvalue weighted by molar-refractivity contribution is 0.167. The molecule has 11 heteroatoms. The van der Waals surface area contributed by atoms with Crippen LogP contribution in [-0.4, -0.2) is 74.0 Å². The molecule has 0 radical (unpaired) electrons. The van der Waals surface area contributed by atoms with E-state index >= 15 is 0 Å². The number of pyridine rings is 1. The first-order chi connectivity index (χ1) is 13.5. The van der Waals surface area contributed by atoms with E-state index in [0.29, 0.717) is 45.4 Å². The number of halogens is 1. The van der Waals surface area contributed by atoms with E-state index in [1.54, 1.807) is 4.90 Å². The van der Waals surface area contributed by atoms with Gasteiger partial charge in [0.1, 0.15) is 11.5 Å². The number of urea groups is 1. The molecule has 2 saturated heterocycles. The number of rotatable bonds is 7. The average molecular weight is 413 g/mol. The molecule has 0 unspecified atom stereocenters. The van der Waals surface area contributed by atoms with Crippen molar-refractivity contribution >= 4 is 16.1 Å². The van der Waals surface area contributed by atoms with Gasteiger partial charge in [-0.2, -0.15) is 4.31 Å². The van der Waals surface area contributed by atoms with Crippen LogP contribution in [0.5, 0.6) is 5.88 Å². The Kier molecular flexibility index (Phi) is 6.47. The molecule has 1 aromatic heterocycles. The van der Waals surface area contributed by atoms with Gasteiger partial charge in [0.15, 0.2) is 0 Å². The number of ether oxygens (including phenoxy) is 1. The van der Waals surface area contributed by atoms with Gasteiger partial charge in [0, 0.05) is 50.4 Å². The molecule has 0 aliphatic carbocycles. The second-order valence-electron chi connectivity index (χ2n) is 6.65. The molecule has 1 aromatic rings. The van der Waals surface area contributed by atoms with E-state index in [4.69, 9.17) is 10.5 Å². The second-order valence-corrected chi connectivity index (χ2v) is 8.59. The van der Waals surface area contributed by atoms with Crippen molar-refractivity contribution in [1.29, 1.82) is 0 Å². The highest BCUT2D eigenvalue weighted by molar-refractivity contribution is 7.89. The van der Waals surface area contributed by atoms with Crippen LogP contribution in [0.25, 0.3) is 0 Å².